The smallest absolute Gasteiger partial charge is 0.206 e. The van der Waals surface area contributed by atoms with Crippen LogP contribution in [0.15, 0.2) is 12.1 Å². The molecule has 20 heavy (non-hydrogen) atoms. The van der Waals surface area contributed by atoms with Gasteiger partial charge < -0.3 is 0 Å². The average molecular weight is 456 g/mol. The molecule has 0 bridgehead atoms. The molecule has 0 aromatic heterocycles. The first-order valence-corrected chi connectivity index (χ1v) is 10.1. The summed E-state index contributed by atoms with van der Waals surface area (Å²) in [5.74, 6) is -1.49. The van der Waals surface area contributed by atoms with Crippen molar-refractivity contribution in [3.8, 4) is 0 Å². The minimum Gasteiger partial charge on any atom is -0.206 e. The number of anilines is 1. The Morgan fingerprint density at radius 2 is 1.60 bits per heavy atom. The van der Waals surface area contributed by atoms with Crippen LogP contribution in [0.3, 0.4) is 0 Å². The molecule has 0 heterocycles. The molecule has 0 aliphatic heterocycles. The van der Waals surface area contributed by atoms with E-state index in [1.807, 2.05) is 0 Å². The Morgan fingerprint density at radius 3 is 2.00 bits per heavy atom. The third-order valence-electron chi connectivity index (χ3n) is 2.45. The fourth-order valence-electron chi connectivity index (χ4n) is 1.36. The standard InChI is InChI=1S/C10H12ClFINO4S2/c1-3-19(15,16)14(20(17,18)4-2)8-6-5-7(12)10(13)9(8)11/h5-6H,3-4H2,1-2H3. The van der Waals surface area contributed by atoms with E-state index < -0.39 is 37.4 Å². The molecule has 0 amide bonds. The monoisotopic (exact) mass is 455 g/mol. The van der Waals surface area contributed by atoms with Crippen LogP contribution in [0.1, 0.15) is 13.8 Å². The maximum absolute atomic E-state index is 13.4. The first kappa shape index (κ1) is 17.9. The summed E-state index contributed by atoms with van der Waals surface area (Å²) >= 11 is 7.49. The molecule has 0 unspecified atom stereocenters. The number of benzene rings is 1. The fraction of sp³-hybridized carbons (Fsp3) is 0.400. The first-order valence-electron chi connectivity index (χ1n) is 5.47. The van der Waals surface area contributed by atoms with Crippen molar-refractivity contribution in [3.05, 3.63) is 26.5 Å². The summed E-state index contributed by atoms with van der Waals surface area (Å²) in [6.07, 6.45) is 0. The van der Waals surface area contributed by atoms with Crippen LogP contribution in [0.25, 0.3) is 0 Å². The summed E-state index contributed by atoms with van der Waals surface area (Å²) in [7, 11) is -8.20. The van der Waals surface area contributed by atoms with Gasteiger partial charge in [0, 0.05) is 0 Å². The molecule has 1 rings (SSSR count). The summed E-state index contributed by atoms with van der Waals surface area (Å²) in [4.78, 5) is 0. The van der Waals surface area contributed by atoms with Crippen LogP contribution >= 0.6 is 34.2 Å². The Labute approximate surface area is 136 Å². The molecule has 114 valence electrons. The van der Waals surface area contributed by atoms with Crippen molar-refractivity contribution in [2.24, 2.45) is 0 Å². The van der Waals surface area contributed by atoms with Gasteiger partial charge in [-0.25, -0.2) is 21.2 Å². The molecule has 0 N–H and O–H groups in total. The van der Waals surface area contributed by atoms with Crippen LogP contribution in [0, 0.1) is 9.39 Å². The van der Waals surface area contributed by atoms with Crippen molar-refractivity contribution in [1.82, 2.24) is 0 Å². The second-order valence-electron chi connectivity index (χ2n) is 3.69. The Morgan fingerprint density at radius 1 is 1.15 bits per heavy atom. The summed E-state index contributed by atoms with van der Waals surface area (Å²) in [6, 6.07) is 2.02. The van der Waals surface area contributed by atoms with Gasteiger partial charge >= 0.3 is 0 Å². The van der Waals surface area contributed by atoms with E-state index >= 15 is 0 Å². The maximum atomic E-state index is 13.4. The molecule has 0 saturated heterocycles. The van der Waals surface area contributed by atoms with Crippen LogP contribution in [0.4, 0.5) is 10.1 Å². The van der Waals surface area contributed by atoms with Gasteiger partial charge in [0.2, 0.25) is 20.0 Å². The lowest BCUT2D eigenvalue weighted by Crippen LogP contribution is -2.39. The van der Waals surface area contributed by atoms with Gasteiger partial charge in [0.1, 0.15) is 5.82 Å². The highest BCUT2D eigenvalue weighted by molar-refractivity contribution is 14.1. The van der Waals surface area contributed by atoms with Crippen LogP contribution in [0.5, 0.6) is 0 Å². The number of sulfonamides is 2. The van der Waals surface area contributed by atoms with Crippen LogP contribution in [-0.2, 0) is 20.0 Å². The van der Waals surface area contributed by atoms with E-state index in [9.17, 15) is 21.2 Å². The summed E-state index contributed by atoms with van der Waals surface area (Å²) in [5.41, 5.74) is -0.263. The second kappa shape index (κ2) is 6.32. The minimum atomic E-state index is -4.10. The van der Waals surface area contributed by atoms with Crippen LogP contribution in [0.2, 0.25) is 5.02 Å². The minimum absolute atomic E-state index is 0.0376. The Balaban J connectivity index is 3.70. The molecule has 0 fully saturated rings. The van der Waals surface area contributed by atoms with E-state index in [-0.39, 0.29) is 18.0 Å². The van der Waals surface area contributed by atoms with Gasteiger partial charge in [-0.1, -0.05) is 11.6 Å². The topological polar surface area (TPSA) is 71.5 Å². The highest BCUT2D eigenvalue weighted by Gasteiger charge is 2.34. The van der Waals surface area contributed by atoms with E-state index in [1.165, 1.54) is 13.8 Å². The summed E-state index contributed by atoms with van der Waals surface area (Å²) in [5, 5.41) is -0.250. The van der Waals surface area contributed by atoms with E-state index in [0.717, 1.165) is 12.1 Å². The van der Waals surface area contributed by atoms with Gasteiger partial charge in [0.25, 0.3) is 0 Å². The van der Waals surface area contributed by atoms with Gasteiger partial charge in [0.05, 0.1) is 25.8 Å². The van der Waals surface area contributed by atoms with E-state index in [0.29, 0.717) is 0 Å². The van der Waals surface area contributed by atoms with Crippen LogP contribution in [-0.4, -0.2) is 28.3 Å². The van der Waals surface area contributed by atoms with Gasteiger partial charge in [-0.05, 0) is 48.6 Å². The Hall–Kier alpha value is -0.130. The SMILES string of the molecule is CCS(=O)(=O)N(c1ccc(F)c(I)c1Cl)S(=O)(=O)CC. The van der Waals surface area contributed by atoms with Gasteiger partial charge in [-0.3, -0.25) is 0 Å². The lowest BCUT2D eigenvalue weighted by atomic mass is 10.3. The molecule has 10 heteroatoms. The quantitative estimate of drug-likeness (QED) is 0.505. The van der Waals surface area contributed by atoms with Crippen molar-refractivity contribution in [3.63, 3.8) is 0 Å². The molecule has 0 radical (unpaired) electrons. The molecule has 0 aliphatic rings. The maximum Gasteiger partial charge on any atom is 0.248 e. The third-order valence-corrected chi connectivity index (χ3v) is 8.43. The lowest BCUT2D eigenvalue weighted by molar-refractivity contribution is 0.585. The zero-order valence-corrected chi connectivity index (χ0v) is 15.1. The van der Waals surface area contributed by atoms with Gasteiger partial charge in [-0.15, -0.1) is 0 Å². The predicted octanol–water partition coefficient (Wildman–Crippen LogP) is 2.59. The number of hydrogen-bond donors (Lipinski definition) is 0. The molecular weight excluding hydrogens is 444 g/mol. The Bertz CT molecular complexity index is 687. The zero-order chi connectivity index (χ0) is 15.7. The summed E-state index contributed by atoms with van der Waals surface area (Å²) in [6.45, 7) is 2.63. The summed E-state index contributed by atoms with van der Waals surface area (Å²) < 4.78 is 61.8. The molecule has 0 atom stereocenters. The van der Waals surface area contributed by atoms with Crippen molar-refractivity contribution in [2.75, 3.05) is 15.2 Å². The van der Waals surface area contributed by atoms with Crippen molar-refractivity contribution >= 4 is 59.9 Å². The van der Waals surface area contributed by atoms with Crippen molar-refractivity contribution < 1.29 is 21.2 Å². The highest BCUT2D eigenvalue weighted by atomic mass is 127. The predicted molar refractivity (Wildman–Crippen MR) is 85.5 cm³/mol. The number of rotatable bonds is 5. The number of nitrogens with zero attached hydrogens (tertiary/aromatic N) is 1. The van der Waals surface area contributed by atoms with Gasteiger partial charge in [0.15, 0.2) is 0 Å². The molecule has 0 aliphatic carbocycles. The second-order valence-corrected chi connectivity index (χ2v) is 9.59. The van der Waals surface area contributed by atoms with Crippen molar-refractivity contribution in [1.29, 1.82) is 0 Å². The zero-order valence-electron chi connectivity index (χ0n) is 10.6. The molecule has 1 aromatic carbocycles. The molecule has 5 nitrogen and oxygen atoms in total. The van der Waals surface area contributed by atoms with E-state index in [1.54, 1.807) is 22.6 Å². The van der Waals surface area contributed by atoms with E-state index in [4.69, 9.17) is 11.6 Å². The number of halogens is 3. The third kappa shape index (κ3) is 3.37. The largest absolute Gasteiger partial charge is 0.248 e. The number of hydrogen-bond acceptors (Lipinski definition) is 4. The van der Waals surface area contributed by atoms with Crippen LogP contribution < -0.4 is 3.71 Å². The molecular formula is C10H12ClFINO4S2. The lowest BCUT2D eigenvalue weighted by Gasteiger charge is -2.24. The average Bonchev–Trinajstić information content (AvgIpc) is 2.39. The Kier molecular flexibility index (Phi) is 5.67. The molecule has 0 saturated carbocycles. The normalized spacial score (nSPS) is 12.4. The molecule has 0 spiro atoms. The fourth-order valence-corrected chi connectivity index (χ4v) is 5.55. The highest BCUT2D eigenvalue weighted by Crippen LogP contribution is 2.35. The van der Waals surface area contributed by atoms with Crippen molar-refractivity contribution in [2.45, 2.75) is 13.8 Å². The first-order chi connectivity index (χ1) is 9.08. The molecule has 1 aromatic rings. The van der Waals surface area contributed by atoms with Gasteiger partial charge in [-0.2, -0.15) is 3.71 Å². The van der Waals surface area contributed by atoms with E-state index in [2.05, 4.69) is 0 Å².